The van der Waals surface area contributed by atoms with E-state index < -0.39 is 0 Å². The Hall–Kier alpha value is -1.18. The Morgan fingerprint density at radius 3 is 2.85 bits per heavy atom. The molecule has 2 N–H and O–H groups in total. The van der Waals surface area contributed by atoms with E-state index in [2.05, 4.69) is 41.8 Å². The van der Waals surface area contributed by atoms with Crippen molar-refractivity contribution in [3.63, 3.8) is 0 Å². The third-order valence-electron chi connectivity index (χ3n) is 2.46. The van der Waals surface area contributed by atoms with Crippen molar-refractivity contribution >= 4 is 11.4 Å². The van der Waals surface area contributed by atoms with Gasteiger partial charge in [0.2, 0.25) is 0 Å². The van der Waals surface area contributed by atoms with Crippen LogP contribution in [-0.2, 0) is 0 Å². The zero-order valence-electron chi connectivity index (χ0n) is 8.01. The van der Waals surface area contributed by atoms with Crippen LogP contribution in [0.15, 0.2) is 24.3 Å². The summed E-state index contributed by atoms with van der Waals surface area (Å²) >= 11 is 0. The van der Waals surface area contributed by atoms with Crippen LogP contribution < -0.4 is 10.6 Å². The fourth-order valence-corrected chi connectivity index (χ4v) is 1.79. The van der Waals surface area contributed by atoms with Gasteiger partial charge in [-0.3, -0.25) is 0 Å². The molecule has 0 unspecified atom stereocenters. The second-order valence-corrected chi connectivity index (χ2v) is 3.56. The fraction of sp³-hybridized carbons (Fsp3) is 0.455. The number of hydrogen-bond acceptors (Lipinski definition) is 2. The summed E-state index contributed by atoms with van der Waals surface area (Å²) in [6.45, 7) is 3.27. The molecule has 0 fully saturated rings. The number of hydrogen-bond donors (Lipinski definition) is 2. The number of nitrogens with one attached hydrogen (secondary N) is 2. The van der Waals surface area contributed by atoms with Crippen molar-refractivity contribution < 1.29 is 0 Å². The molecule has 0 spiro atoms. The molecular formula is C11H16N2. The summed E-state index contributed by atoms with van der Waals surface area (Å²) in [5, 5.41) is 6.97. The van der Waals surface area contributed by atoms with Gasteiger partial charge in [0, 0.05) is 12.6 Å². The van der Waals surface area contributed by atoms with Crippen molar-refractivity contribution in [3.05, 3.63) is 24.3 Å². The first-order valence-corrected chi connectivity index (χ1v) is 4.99. The van der Waals surface area contributed by atoms with Gasteiger partial charge in [0.15, 0.2) is 0 Å². The van der Waals surface area contributed by atoms with Gasteiger partial charge in [-0.2, -0.15) is 0 Å². The minimum absolute atomic E-state index is 0.597. The van der Waals surface area contributed by atoms with Gasteiger partial charge in [0.05, 0.1) is 11.4 Å². The predicted molar refractivity (Wildman–Crippen MR) is 57.3 cm³/mol. The van der Waals surface area contributed by atoms with Gasteiger partial charge in [-0.25, -0.2) is 0 Å². The molecule has 1 aliphatic heterocycles. The zero-order chi connectivity index (χ0) is 9.10. The van der Waals surface area contributed by atoms with Crippen LogP contribution in [0, 0.1) is 0 Å². The maximum Gasteiger partial charge on any atom is 0.0578 e. The number of benzene rings is 1. The lowest BCUT2D eigenvalue weighted by atomic mass is 10.1. The highest BCUT2D eigenvalue weighted by Gasteiger charge is 2.14. The highest BCUT2D eigenvalue weighted by molar-refractivity contribution is 5.70. The van der Waals surface area contributed by atoms with Gasteiger partial charge < -0.3 is 10.6 Å². The third kappa shape index (κ3) is 1.77. The molecule has 1 aromatic rings. The number of fused-ring (bicyclic) bond motifs is 1. The van der Waals surface area contributed by atoms with E-state index >= 15 is 0 Å². The lowest BCUT2D eigenvalue weighted by Gasteiger charge is -2.28. The molecule has 1 aliphatic rings. The normalized spacial score (nSPS) is 19.9. The van der Waals surface area contributed by atoms with Crippen molar-refractivity contribution in [2.45, 2.75) is 25.8 Å². The van der Waals surface area contributed by atoms with Crippen molar-refractivity contribution in [2.24, 2.45) is 0 Å². The SMILES string of the molecule is CCC[C@H]1CNc2ccccc2N1. The summed E-state index contributed by atoms with van der Waals surface area (Å²) in [4.78, 5) is 0. The summed E-state index contributed by atoms with van der Waals surface area (Å²) in [6, 6.07) is 8.98. The van der Waals surface area contributed by atoms with E-state index in [1.165, 1.54) is 24.2 Å². The first-order chi connectivity index (χ1) is 6.40. The van der Waals surface area contributed by atoms with Crippen molar-refractivity contribution in [1.29, 1.82) is 0 Å². The molecule has 0 saturated carbocycles. The third-order valence-corrected chi connectivity index (χ3v) is 2.46. The van der Waals surface area contributed by atoms with Crippen LogP contribution in [0.5, 0.6) is 0 Å². The largest absolute Gasteiger partial charge is 0.381 e. The molecule has 2 heteroatoms. The quantitative estimate of drug-likeness (QED) is 0.724. The van der Waals surface area contributed by atoms with E-state index in [1.54, 1.807) is 0 Å². The average Bonchev–Trinajstić information content (AvgIpc) is 2.18. The average molecular weight is 176 g/mol. The molecule has 0 aromatic heterocycles. The van der Waals surface area contributed by atoms with Gasteiger partial charge in [-0.05, 0) is 18.6 Å². The van der Waals surface area contributed by atoms with E-state index in [4.69, 9.17) is 0 Å². The number of anilines is 2. The van der Waals surface area contributed by atoms with E-state index in [0.29, 0.717) is 6.04 Å². The molecular weight excluding hydrogens is 160 g/mol. The lowest BCUT2D eigenvalue weighted by Crippen LogP contribution is -2.32. The van der Waals surface area contributed by atoms with E-state index in [1.807, 2.05) is 0 Å². The summed E-state index contributed by atoms with van der Waals surface area (Å²) in [6.07, 6.45) is 2.48. The summed E-state index contributed by atoms with van der Waals surface area (Å²) < 4.78 is 0. The van der Waals surface area contributed by atoms with E-state index in [0.717, 1.165) is 6.54 Å². The molecule has 13 heavy (non-hydrogen) atoms. The number of para-hydroxylation sites is 2. The molecule has 1 heterocycles. The second-order valence-electron chi connectivity index (χ2n) is 3.56. The van der Waals surface area contributed by atoms with Crippen molar-refractivity contribution in [3.8, 4) is 0 Å². The summed E-state index contributed by atoms with van der Waals surface area (Å²) in [5.74, 6) is 0. The maximum absolute atomic E-state index is 3.54. The standard InChI is InChI=1S/C11H16N2/c1-2-5-9-8-12-10-6-3-4-7-11(10)13-9/h3-4,6-7,9,12-13H,2,5,8H2,1H3/t9-/m0/s1. The highest BCUT2D eigenvalue weighted by atomic mass is 15.1. The van der Waals surface area contributed by atoms with E-state index in [-0.39, 0.29) is 0 Å². The molecule has 0 amide bonds. The molecule has 0 radical (unpaired) electrons. The first kappa shape index (κ1) is 8.42. The Labute approximate surface area is 79.4 Å². The smallest absolute Gasteiger partial charge is 0.0578 e. The topological polar surface area (TPSA) is 24.1 Å². The Bertz CT molecular complexity index is 283. The summed E-state index contributed by atoms with van der Waals surface area (Å²) in [7, 11) is 0. The minimum atomic E-state index is 0.597. The monoisotopic (exact) mass is 176 g/mol. The maximum atomic E-state index is 3.54. The number of rotatable bonds is 2. The first-order valence-electron chi connectivity index (χ1n) is 4.99. The Morgan fingerprint density at radius 2 is 2.08 bits per heavy atom. The minimum Gasteiger partial charge on any atom is -0.381 e. The van der Waals surface area contributed by atoms with Crippen LogP contribution in [0.25, 0.3) is 0 Å². The molecule has 1 aromatic carbocycles. The van der Waals surface area contributed by atoms with Crippen LogP contribution in [0.4, 0.5) is 11.4 Å². The van der Waals surface area contributed by atoms with Crippen LogP contribution in [0.3, 0.4) is 0 Å². The Balaban J connectivity index is 2.11. The zero-order valence-corrected chi connectivity index (χ0v) is 8.01. The van der Waals surface area contributed by atoms with Gasteiger partial charge in [0.1, 0.15) is 0 Å². The summed E-state index contributed by atoms with van der Waals surface area (Å²) in [5.41, 5.74) is 2.47. The molecule has 0 aliphatic carbocycles. The molecule has 1 atom stereocenters. The molecule has 2 rings (SSSR count). The fourth-order valence-electron chi connectivity index (χ4n) is 1.79. The molecule has 0 bridgehead atoms. The molecule has 70 valence electrons. The predicted octanol–water partition coefficient (Wildman–Crippen LogP) is 2.69. The lowest BCUT2D eigenvalue weighted by molar-refractivity contribution is 0.655. The van der Waals surface area contributed by atoms with Gasteiger partial charge in [-0.15, -0.1) is 0 Å². The van der Waals surface area contributed by atoms with Crippen molar-refractivity contribution in [2.75, 3.05) is 17.2 Å². The highest BCUT2D eigenvalue weighted by Crippen LogP contribution is 2.26. The van der Waals surface area contributed by atoms with Gasteiger partial charge >= 0.3 is 0 Å². The Kier molecular flexibility index (Phi) is 2.39. The molecule has 0 saturated heterocycles. The van der Waals surface area contributed by atoms with Crippen LogP contribution in [0.2, 0.25) is 0 Å². The molecule has 2 nitrogen and oxygen atoms in total. The van der Waals surface area contributed by atoms with E-state index in [9.17, 15) is 0 Å². The second kappa shape index (κ2) is 3.69. The van der Waals surface area contributed by atoms with Crippen LogP contribution in [-0.4, -0.2) is 12.6 Å². The van der Waals surface area contributed by atoms with Crippen LogP contribution >= 0.6 is 0 Å². The van der Waals surface area contributed by atoms with Crippen molar-refractivity contribution in [1.82, 2.24) is 0 Å². The Morgan fingerprint density at radius 1 is 1.31 bits per heavy atom. The van der Waals surface area contributed by atoms with Gasteiger partial charge in [0.25, 0.3) is 0 Å². The van der Waals surface area contributed by atoms with Crippen LogP contribution in [0.1, 0.15) is 19.8 Å². The van der Waals surface area contributed by atoms with Gasteiger partial charge in [-0.1, -0.05) is 25.5 Å².